The number of fused-ring (bicyclic) bond motifs is 1. The number of hydrogen-bond donors (Lipinski definition) is 1. The van der Waals surface area contributed by atoms with Gasteiger partial charge in [-0.25, -0.2) is 4.98 Å². The third-order valence-corrected chi connectivity index (χ3v) is 5.03. The summed E-state index contributed by atoms with van der Waals surface area (Å²) in [4.78, 5) is 4.42. The lowest BCUT2D eigenvalue weighted by Gasteiger charge is -2.10. The first kappa shape index (κ1) is 13.1. The number of thiazole rings is 1. The molecule has 1 aliphatic rings. The van der Waals surface area contributed by atoms with Crippen molar-refractivity contribution in [1.82, 2.24) is 4.98 Å². The molecule has 1 N–H and O–H groups in total. The van der Waals surface area contributed by atoms with Gasteiger partial charge in [0.2, 0.25) is 0 Å². The van der Waals surface area contributed by atoms with Crippen LogP contribution >= 0.6 is 22.9 Å². The molecule has 0 unspecified atom stereocenters. The van der Waals surface area contributed by atoms with Gasteiger partial charge in [0.05, 0.1) is 20.9 Å². The van der Waals surface area contributed by atoms with E-state index < -0.39 is 0 Å². The third-order valence-electron chi connectivity index (χ3n) is 3.92. The molecule has 1 fully saturated rings. The molecule has 2 aromatic carbocycles. The number of rotatable bonds is 4. The van der Waals surface area contributed by atoms with Crippen molar-refractivity contribution in [2.75, 3.05) is 5.32 Å². The summed E-state index contributed by atoms with van der Waals surface area (Å²) in [6, 6.07) is 12.8. The maximum atomic E-state index is 6.32. The summed E-state index contributed by atoms with van der Waals surface area (Å²) in [5.74, 6) is 0.788. The largest absolute Gasteiger partial charge is 0.378 e. The minimum atomic E-state index is 0.728. The van der Waals surface area contributed by atoms with Crippen molar-refractivity contribution in [1.29, 1.82) is 0 Å². The summed E-state index contributed by atoms with van der Waals surface area (Å²) in [5, 5.41) is 4.19. The first-order valence-corrected chi connectivity index (χ1v) is 8.41. The fourth-order valence-electron chi connectivity index (χ4n) is 2.64. The van der Waals surface area contributed by atoms with Crippen molar-refractivity contribution >= 4 is 38.8 Å². The topological polar surface area (TPSA) is 24.9 Å². The van der Waals surface area contributed by atoms with Gasteiger partial charge in [-0.2, -0.15) is 0 Å². The van der Waals surface area contributed by atoms with Gasteiger partial charge in [-0.05, 0) is 42.0 Å². The van der Waals surface area contributed by atoms with E-state index in [0.29, 0.717) is 0 Å². The van der Waals surface area contributed by atoms with Crippen molar-refractivity contribution in [2.45, 2.75) is 25.3 Å². The van der Waals surface area contributed by atoms with Crippen LogP contribution in [0.1, 0.15) is 29.9 Å². The van der Waals surface area contributed by atoms with E-state index in [1.165, 1.54) is 24.0 Å². The molecule has 1 heterocycles. The molecular formula is C17H15ClN2S. The van der Waals surface area contributed by atoms with Crippen LogP contribution in [0.4, 0.5) is 5.69 Å². The predicted octanol–water partition coefficient (Wildman–Crippen LogP) is 5.44. The highest BCUT2D eigenvalue weighted by molar-refractivity contribution is 7.16. The fourth-order valence-corrected chi connectivity index (χ4v) is 3.54. The van der Waals surface area contributed by atoms with Gasteiger partial charge in [0.25, 0.3) is 0 Å². The first-order chi connectivity index (χ1) is 10.3. The molecule has 4 heteroatoms. The second kappa shape index (κ2) is 5.32. The molecule has 0 radical (unpaired) electrons. The van der Waals surface area contributed by atoms with Gasteiger partial charge in [-0.1, -0.05) is 35.9 Å². The number of halogens is 1. The maximum Gasteiger partial charge on any atom is 0.106 e. The molecule has 1 aliphatic carbocycles. The van der Waals surface area contributed by atoms with Crippen LogP contribution in [-0.4, -0.2) is 4.98 Å². The Kier molecular flexibility index (Phi) is 3.32. The van der Waals surface area contributed by atoms with Crippen LogP contribution in [0.15, 0.2) is 41.9 Å². The zero-order chi connectivity index (χ0) is 14.2. The summed E-state index contributed by atoms with van der Waals surface area (Å²) in [6.07, 6.45) is 2.67. The normalized spacial score (nSPS) is 14.5. The zero-order valence-electron chi connectivity index (χ0n) is 11.5. The highest BCUT2D eigenvalue weighted by Crippen LogP contribution is 2.40. The Balaban J connectivity index is 1.59. The lowest BCUT2D eigenvalue weighted by atomic mass is 10.1. The van der Waals surface area contributed by atoms with Crippen LogP contribution in [0.2, 0.25) is 5.02 Å². The highest BCUT2D eigenvalue weighted by atomic mass is 35.5. The molecule has 2 nitrogen and oxygen atoms in total. The van der Waals surface area contributed by atoms with Gasteiger partial charge in [-0.3, -0.25) is 0 Å². The SMILES string of the molecule is Clc1ccc2scnc2c1NCc1cccc(C2CC2)c1. The third kappa shape index (κ3) is 2.63. The molecule has 1 saturated carbocycles. The van der Waals surface area contributed by atoms with Gasteiger partial charge in [0.15, 0.2) is 0 Å². The van der Waals surface area contributed by atoms with Crippen molar-refractivity contribution in [2.24, 2.45) is 0 Å². The molecule has 21 heavy (non-hydrogen) atoms. The summed E-state index contributed by atoms with van der Waals surface area (Å²) in [6.45, 7) is 0.775. The molecule has 0 saturated heterocycles. The molecule has 0 aliphatic heterocycles. The van der Waals surface area contributed by atoms with Crippen LogP contribution in [0.25, 0.3) is 10.2 Å². The number of nitrogens with one attached hydrogen (secondary N) is 1. The molecular weight excluding hydrogens is 300 g/mol. The Morgan fingerprint density at radius 2 is 2.14 bits per heavy atom. The molecule has 0 spiro atoms. The minimum absolute atomic E-state index is 0.728. The monoisotopic (exact) mass is 314 g/mol. The molecule has 0 amide bonds. The van der Waals surface area contributed by atoms with E-state index in [0.717, 1.165) is 33.4 Å². The number of aromatic nitrogens is 1. The van der Waals surface area contributed by atoms with Crippen LogP contribution in [-0.2, 0) is 6.54 Å². The Hall–Kier alpha value is -1.58. The Labute approximate surface area is 132 Å². The van der Waals surface area contributed by atoms with E-state index in [-0.39, 0.29) is 0 Å². The Morgan fingerprint density at radius 1 is 1.24 bits per heavy atom. The fraction of sp³-hybridized carbons (Fsp3) is 0.235. The van der Waals surface area contributed by atoms with E-state index in [2.05, 4.69) is 34.6 Å². The molecule has 106 valence electrons. The van der Waals surface area contributed by atoms with Crippen LogP contribution in [0.3, 0.4) is 0 Å². The van der Waals surface area contributed by atoms with Crippen molar-refractivity contribution in [3.05, 3.63) is 58.1 Å². The molecule has 0 atom stereocenters. The molecule has 0 bridgehead atoms. The van der Waals surface area contributed by atoms with E-state index in [1.807, 2.05) is 17.6 Å². The second-order valence-electron chi connectivity index (χ2n) is 5.49. The van der Waals surface area contributed by atoms with Crippen LogP contribution in [0.5, 0.6) is 0 Å². The van der Waals surface area contributed by atoms with Crippen LogP contribution in [0, 0.1) is 0 Å². The summed E-state index contributed by atoms with van der Waals surface area (Å²) in [7, 11) is 0. The molecule has 3 aromatic rings. The Bertz CT molecular complexity index is 792. The van der Waals surface area contributed by atoms with Gasteiger partial charge < -0.3 is 5.32 Å². The van der Waals surface area contributed by atoms with Crippen LogP contribution < -0.4 is 5.32 Å². The average Bonchev–Trinajstić information content (AvgIpc) is 3.25. The smallest absolute Gasteiger partial charge is 0.106 e. The minimum Gasteiger partial charge on any atom is -0.378 e. The molecule has 1 aromatic heterocycles. The van der Waals surface area contributed by atoms with Crippen molar-refractivity contribution in [3.63, 3.8) is 0 Å². The summed E-state index contributed by atoms with van der Waals surface area (Å²) >= 11 is 7.96. The van der Waals surface area contributed by atoms with E-state index >= 15 is 0 Å². The van der Waals surface area contributed by atoms with Gasteiger partial charge in [0.1, 0.15) is 5.52 Å². The quantitative estimate of drug-likeness (QED) is 0.693. The number of anilines is 1. The van der Waals surface area contributed by atoms with E-state index in [4.69, 9.17) is 11.6 Å². The number of nitrogens with zero attached hydrogens (tertiary/aromatic N) is 1. The van der Waals surface area contributed by atoms with E-state index in [1.54, 1.807) is 11.3 Å². The summed E-state index contributed by atoms with van der Waals surface area (Å²) in [5.41, 5.74) is 6.52. The molecule has 4 rings (SSSR count). The standard InChI is InChI=1S/C17H15ClN2S/c18-14-6-7-15-17(20-10-21-15)16(14)19-9-11-2-1-3-13(8-11)12-4-5-12/h1-3,6-8,10,12,19H,4-5,9H2. The van der Waals surface area contributed by atoms with Gasteiger partial charge in [-0.15, -0.1) is 11.3 Å². The second-order valence-corrected chi connectivity index (χ2v) is 6.79. The lowest BCUT2D eigenvalue weighted by Crippen LogP contribution is -2.01. The van der Waals surface area contributed by atoms with Crippen molar-refractivity contribution in [3.8, 4) is 0 Å². The highest BCUT2D eigenvalue weighted by Gasteiger charge is 2.23. The number of benzene rings is 2. The van der Waals surface area contributed by atoms with E-state index in [9.17, 15) is 0 Å². The van der Waals surface area contributed by atoms with Gasteiger partial charge in [0, 0.05) is 6.54 Å². The lowest BCUT2D eigenvalue weighted by molar-refractivity contribution is 1.09. The maximum absolute atomic E-state index is 6.32. The van der Waals surface area contributed by atoms with Gasteiger partial charge >= 0.3 is 0 Å². The summed E-state index contributed by atoms with van der Waals surface area (Å²) < 4.78 is 1.16. The number of hydrogen-bond acceptors (Lipinski definition) is 3. The predicted molar refractivity (Wildman–Crippen MR) is 90.4 cm³/mol. The Morgan fingerprint density at radius 3 is 3.00 bits per heavy atom. The first-order valence-electron chi connectivity index (χ1n) is 7.15. The zero-order valence-corrected chi connectivity index (χ0v) is 13.0. The van der Waals surface area contributed by atoms with Crippen molar-refractivity contribution < 1.29 is 0 Å². The average molecular weight is 315 g/mol.